The van der Waals surface area contributed by atoms with Crippen molar-refractivity contribution in [1.82, 2.24) is 0 Å². The molecule has 0 aromatic heterocycles. The van der Waals surface area contributed by atoms with Crippen LogP contribution in [0.2, 0.25) is 0 Å². The maximum atomic E-state index is 13.0. The first kappa shape index (κ1) is 41.2. The molecule has 0 spiro atoms. The minimum Gasteiger partial charge on any atom is -0.616 e. The van der Waals surface area contributed by atoms with Crippen LogP contribution in [0.5, 0.6) is 5.75 Å². The number of halogens is 5. The maximum Gasteiger partial charge on any atom is 0.453 e. The summed E-state index contributed by atoms with van der Waals surface area (Å²) in [7, 11) is 0. The Kier molecular flexibility index (Phi) is 13.3. The van der Waals surface area contributed by atoms with E-state index in [1.54, 1.807) is 13.8 Å². The summed E-state index contributed by atoms with van der Waals surface area (Å²) in [6.45, 7) is 5.51. The van der Waals surface area contributed by atoms with Crippen LogP contribution >= 0.6 is 0 Å². The molecule has 1 N–H and O–H groups in total. The molecule has 3 fully saturated rings. The number of benzene rings is 1. The number of ether oxygens (including phenoxy) is 3. The zero-order valence-corrected chi connectivity index (χ0v) is 31.4. The van der Waals surface area contributed by atoms with Crippen molar-refractivity contribution in [2.24, 2.45) is 23.2 Å². The van der Waals surface area contributed by atoms with Crippen LogP contribution < -0.4 is 4.74 Å². The molecule has 0 bridgehead atoms. The molecule has 3 aliphatic carbocycles. The number of rotatable bonds is 17. The largest absolute Gasteiger partial charge is 0.616 e. The van der Waals surface area contributed by atoms with Crippen molar-refractivity contribution in [3.8, 4) is 5.75 Å². The van der Waals surface area contributed by atoms with Gasteiger partial charge in [-0.3, -0.25) is 4.79 Å². The van der Waals surface area contributed by atoms with Crippen LogP contribution in [0.3, 0.4) is 0 Å². The van der Waals surface area contributed by atoms with Crippen LogP contribution in [0.15, 0.2) is 18.2 Å². The van der Waals surface area contributed by atoms with Crippen molar-refractivity contribution in [3.63, 3.8) is 0 Å². The van der Waals surface area contributed by atoms with Crippen LogP contribution in [-0.2, 0) is 36.7 Å². The van der Waals surface area contributed by atoms with E-state index in [0.717, 1.165) is 77.0 Å². The summed E-state index contributed by atoms with van der Waals surface area (Å²) < 4.78 is 91.5. The third-order valence-corrected chi connectivity index (χ3v) is 13.7. The highest BCUT2D eigenvalue weighted by molar-refractivity contribution is 7.91. The van der Waals surface area contributed by atoms with E-state index in [2.05, 4.69) is 13.0 Å². The highest BCUT2D eigenvalue weighted by Crippen LogP contribution is 2.62. The summed E-state index contributed by atoms with van der Waals surface area (Å²) in [6.07, 6.45) is 3.70. The second-order valence-corrected chi connectivity index (χ2v) is 18.0. The van der Waals surface area contributed by atoms with E-state index in [-0.39, 0.29) is 23.7 Å². The van der Waals surface area contributed by atoms with Crippen molar-refractivity contribution in [2.75, 3.05) is 11.5 Å². The van der Waals surface area contributed by atoms with Gasteiger partial charge in [-0.1, -0.05) is 56.3 Å². The first-order valence-corrected chi connectivity index (χ1v) is 20.6. The van der Waals surface area contributed by atoms with E-state index in [1.165, 1.54) is 11.1 Å². The van der Waals surface area contributed by atoms with Crippen LogP contribution in [0.25, 0.3) is 0 Å². The minimum absolute atomic E-state index is 0.0672. The number of aliphatic hydroxyl groups is 1. The number of aliphatic hydroxyl groups excluding tert-OH is 1. The van der Waals surface area contributed by atoms with Gasteiger partial charge in [-0.25, -0.2) is 4.79 Å². The van der Waals surface area contributed by atoms with E-state index in [4.69, 9.17) is 14.2 Å². The Labute approximate surface area is 307 Å². The van der Waals surface area contributed by atoms with Crippen LogP contribution in [0, 0.1) is 23.2 Å². The predicted octanol–water partition coefficient (Wildman–Crippen LogP) is 8.95. The fourth-order valence-electron chi connectivity index (χ4n) is 9.51. The molecule has 8 atom stereocenters. The molecular formula is C39H55F5O7S. The normalized spacial score (nSPS) is 30.3. The molecule has 2 unspecified atom stereocenters. The lowest BCUT2D eigenvalue weighted by atomic mass is 9.52. The highest BCUT2D eigenvalue weighted by atomic mass is 32.2. The molecule has 13 heteroatoms. The average Bonchev–Trinajstić information content (AvgIpc) is 3.50. The van der Waals surface area contributed by atoms with Crippen LogP contribution in [0.1, 0.15) is 134 Å². The summed E-state index contributed by atoms with van der Waals surface area (Å²) in [5.74, 6) is -4.55. The van der Waals surface area contributed by atoms with Gasteiger partial charge in [0, 0.05) is 20.3 Å². The Balaban J connectivity index is 1.09. The maximum absolute atomic E-state index is 13.0. The zero-order chi connectivity index (χ0) is 37.9. The van der Waals surface area contributed by atoms with E-state index >= 15 is 0 Å². The smallest absolute Gasteiger partial charge is 0.453 e. The summed E-state index contributed by atoms with van der Waals surface area (Å²) in [5, 5.41) is 11.0. The number of carbonyl (C=O) groups excluding carboxylic acids is 2. The summed E-state index contributed by atoms with van der Waals surface area (Å²) >= 11 is -1.39. The van der Waals surface area contributed by atoms with Gasteiger partial charge < -0.3 is 23.9 Å². The molecular weight excluding hydrogens is 707 g/mol. The number of unbranched alkanes of at least 4 members (excludes halogenated alkanes) is 6. The average molecular weight is 763 g/mol. The van der Waals surface area contributed by atoms with Gasteiger partial charge in [-0.15, -0.1) is 0 Å². The van der Waals surface area contributed by atoms with Gasteiger partial charge in [-0.05, 0) is 110 Å². The standard InChI is InChI=1S/C39H55F5O7S/c1-36(2)50-31(35(47)51-36)24-33(46)49-27-13-14-28-26(23-27)22-25(34-29(28)17-19-37(3)30(34)15-16-32(37)45)12-9-7-5-4-6-8-10-20-52(48)21-11-18-38(40,41)39(42,43)44/h13-14,23,25,29-32,34,45H,4-12,15-22,24H2,1-3H3/t25-,29-,30+,31?,32+,34-,37+,52?/m1/s1. The fourth-order valence-corrected chi connectivity index (χ4v) is 10.7. The molecule has 52 heavy (non-hydrogen) atoms. The number of cyclic esters (lactones) is 1. The topological polar surface area (TPSA) is 105 Å². The molecule has 1 aromatic carbocycles. The third kappa shape index (κ3) is 9.82. The Morgan fingerprint density at radius 3 is 2.33 bits per heavy atom. The second kappa shape index (κ2) is 16.8. The van der Waals surface area contributed by atoms with Crippen molar-refractivity contribution in [2.45, 2.75) is 160 Å². The third-order valence-electron chi connectivity index (χ3n) is 12.2. The second-order valence-electron chi connectivity index (χ2n) is 16.3. The van der Waals surface area contributed by atoms with Crippen LogP contribution in [0.4, 0.5) is 22.0 Å². The molecule has 0 radical (unpaired) electrons. The number of hydrogen-bond donors (Lipinski definition) is 1. The molecule has 7 nitrogen and oxygen atoms in total. The van der Waals surface area contributed by atoms with Crippen molar-refractivity contribution >= 4 is 23.1 Å². The van der Waals surface area contributed by atoms with E-state index in [1.807, 2.05) is 12.1 Å². The molecule has 1 saturated heterocycles. The lowest BCUT2D eigenvalue weighted by molar-refractivity contribution is -0.284. The van der Waals surface area contributed by atoms with Gasteiger partial charge in [0.1, 0.15) is 17.3 Å². The predicted molar refractivity (Wildman–Crippen MR) is 186 cm³/mol. The summed E-state index contributed by atoms with van der Waals surface area (Å²) in [4.78, 5) is 24.9. The van der Waals surface area contributed by atoms with E-state index in [9.17, 15) is 41.2 Å². The van der Waals surface area contributed by atoms with Gasteiger partial charge in [0.15, 0.2) is 6.10 Å². The highest BCUT2D eigenvalue weighted by Gasteiger charge is 2.57. The minimum atomic E-state index is -5.57. The lowest BCUT2D eigenvalue weighted by Gasteiger charge is -2.53. The lowest BCUT2D eigenvalue weighted by Crippen LogP contribution is -2.47. The van der Waals surface area contributed by atoms with E-state index < -0.39 is 59.9 Å². The van der Waals surface area contributed by atoms with Gasteiger partial charge >= 0.3 is 24.0 Å². The monoisotopic (exact) mass is 762 g/mol. The summed E-state index contributed by atoms with van der Waals surface area (Å²) in [5.41, 5.74) is 2.44. The van der Waals surface area contributed by atoms with Gasteiger partial charge in [0.2, 0.25) is 5.79 Å². The fraction of sp³-hybridized carbons (Fsp3) is 0.795. The van der Waals surface area contributed by atoms with Gasteiger partial charge in [-0.2, -0.15) is 22.0 Å². The molecule has 2 saturated carbocycles. The van der Waals surface area contributed by atoms with Crippen LogP contribution in [-0.4, -0.2) is 63.2 Å². The molecule has 0 amide bonds. The molecule has 294 valence electrons. The number of esters is 2. The zero-order valence-electron chi connectivity index (χ0n) is 30.6. The Morgan fingerprint density at radius 2 is 1.65 bits per heavy atom. The first-order chi connectivity index (χ1) is 24.4. The number of fused-ring (bicyclic) bond motifs is 5. The van der Waals surface area contributed by atoms with Gasteiger partial charge in [0.05, 0.1) is 12.5 Å². The van der Waals surface area contributed by atoms with Crippen molar-refractivity contribution in [1.29, 1.82) is 0 Å². The molecule has 5 rings (SSSR count). The molecule has 1 aromatic rings. The molecule has 1 aliphatic heterocycles. The van der Waals surface area contributed by atoms with Gasteiger partial charge in [0.25, 0.3) is 0 Å². The number of alkyl halides is 5. The number of carbonyl (C=O) groups is 2. The van der Waals surface area contributed by atoms with Crippen molar-refractivity contribution < 1.29 is 55.4 Å². The Hall–Kier alpha value is -1.96. The Bertz CT molecular complexity index is 1390. The quantitative estimate of drug-likeness (QED) is 0.0556. The molecule has 1 heterocycles. The Morgan fingerprint density at radius 1 is 0.981 bits per heavy atom. The number of hydrogen-bond acceptors (Lipinski definition) is 7. The molecule has 4 aliphatic rings. The van der Waals surface area contributed by atoms with E-state index in [0.29, 0.717) is 41.6 Å². The summed E-state index contributed by atoms with van der Waals surface area (Å²) in [6, 6.07) is 5.93. The SMILES string of the molecule is CC1(C)OC(=O)C(CC(=O)Oc2ccc3c(c2)C[C@@H](CCCCCCCCC[S+]([O-])CCCC(F)(F)C(F)(F)F)[C@@H]2[C@@H]3CC[C@]3(C)[C@@H](O)CC[C@@H]23)O1. The van der Waals surface area contributed by atoms with Crippen molar-refractivity contribution in [3.05, 3.63) is 29.3 Å². The first-order valence-electron chi connectivity index (χ1n) is 19.1.